The van der Waals surface area contributed by atoms with Gasteiger partial charge in [-0.2, -0.15) is 0 Å². The van der Waals surface area contributed by atoms with Gasteiger partial charge in [0.1, 0.15) is 0 Å². The van der Waals surface area contributed by atoms with Crippen LogP contribution in [0.15, 0.2) is 72.8 Å². The third-order valence-corrected chi connectivity index (χ3v) is 12.0. The van der Waals surface area contributed by atoms with Gasteiger partial charge in [0.2, 0.25) is 0 Å². The van der Waals surface area contributed by atoms with Crippen molar-refractivity contribution in [1.82, 2.24) is 0 Å². The van der Waals surface area contributed by atoms with Crippen LogP contribution >= 0.6 is 23.2 Å². The molecule has 0 aromatic heterocycles. The van der Waals surface area contributed by atoms with Crippen LogP contribution in [0, 0.1) is 0 Å². The highest BCUT2D eigenvalue weighted by molar-refractivity contribution is 6.31. The number of rotatable bonds is 28. The minimum absolute atomic E-state index is 0. The number of benzene rings is 3. The van der Waals surface area contributed by atoms with E-state index in [2.05, 4.69) is 76.7 Å². The largest absolute Gasteiger partial charge is 1.00 e. The minimum Gasteiger partial charge on any atom is -1.00 e. The molecule has 366 valence electrons. The monoisotopic (exact) mass is 1060 g/mol. The van der Waals surface area contributed by atoms with Crippen LogP contribution in [0.5, 0.6) is 0 Å². The van der Waals surface area contributed by atoms with Gasteiger partial charge in [0, 0.05) is 32.8 Å². The molecule has 0 bridgehead atoms. The third-order valence-electron chi connectivity index (χ3n) is 11.5. The number of nitrogens with zero attached hydrogens (tertiary/aromatic N) is 2. The predicted octanol–water partition coefficient (Wildman–Crippen LogP) is 10.3. The van der Waals surface area contributed by atoms with Crippen molar-refractivity contribution in [2.24, 2.45) is 0 Å². The second kappa shape index (κ2) is 39.8. The lowest BCUT2D eigenvalue weighted by Crippen LogP contribution is -3.00. The van der Waals surface area contributed by atoms with Gasteiger partial charge in [0.25, 0.3) is 0 Å². The molecule has 0 saturated heterocycles. The number of carbonyl (C=O) groups excluding carboxylic acids is 2. The zero-order valence-electron chi connectivity index (χ0n) is 41.1. The van der Waals surface area contributed by atoms with Crippen LogP contribution in [0.1, 0.15) is 158 Å². The Morgan fingerprint density at radius 2 is 0.500 bits per heavy atom. The zero-order chi connectivity index (χ0) is 45.9. The summed E-state index contributed by atoms with van der Waals surface area (Å²) in [5, 5.41) is 12.0. The van der Waals surface area contributed by atoms with Gasteiger partial charge < -0.3 is 64.2 Å². The Morgan fingerprint density at radius 1 is 0.344 bits per heavy atom. The first kappa shape index (κ1) is 63.7. The van der Waals surface area contributed by atoms with E-state index in [1.807, 2.05) is 0 Å². The van der Waals surface area contributed by atoms with E-state index in [0.717, 1.165) is 0 Å². The van der Waals surface area contributed by atoms with E-state index in [1.54, 1.807) is 72.8 Å². The fourth-order valence-corrected chi connectivity index (χ4v) is 7.83. The molecule has 0 unspecified atom stereocenters. The molecule has 12 heteroatoms. The molecule has 4 amide bonds. The van der Waals surface area contributed by atoms with Gasteiger partial charge in [0.15, 0.2) is 0 Å². The van der Waals surface area contributed by atoms with Crippen LogP contribution in [0.2, 0.25) is 10.0 Å². The van der Waals surface area contributed by atoms with E-state index < -0.39 is 0 Å². The summed E-state index contributed by atoms with van der Waals surface area (Å²) in [7, 11) is 0. The van der Waals surface area contributed by atoms with E-state index in [-0.39, 0.29) is 46.0 Å². The van der Waals surface area contributed by atoms with Crippen LogP contribution in [0.3, 0.4) is 0 Å². The molecule has 0 fully saturated rings. The Labute approximate surface area is 422 Å². The average Bonchev–Trinajstić information content (AvgIpc) is 3.28. The van der Waals surface area contributed by atoms with Gasteiger partial charge in [-0.3, -0.25) is 0 Å². The van der Waals surface area contributed by atoms with Gasteiger partial charge in [0.05, 0.1) is 52.4 Å². The van der Waals surface area contributed by atoms with Crippen molar-refractivity contribution in [2.75, 3.05) is 73.6 Å². The van der Waals surface area contributed by atoms with Crippen LogP contribution in [-0.4, -0.2) is 73.4 Å². The number of anilines is 4. The molecular weight excluding hydrogens is 971 g/mol. The Kier molecular flexibility index (Phi) is 39.6. The number of carbonyl (C=O) groups is 2. The lowest BCUT2D eigenvalue weighted by molar-refractivity contribution is -0.929. The number of hydrogen-bond donors (Lipinski definition) is 4. The van der Waals surface area contributed by atoms with E-state index in [9.17, 15) is 9.59 Å². The standard InChI is InChI=1S/C20H16Cl2N4O2.2C16H36N.2BrH/c21-13-1-5-15(6-2-13)23-19(27)25-17-9-11-18(12-10-17)26-20(28)24-16-7-3-14(22)4-8-16;2*1-5-9-13-17(14-10-6-2,15-11-7-3)16-12-8-4;;/h1-12H,(H2,23,25,27)(H2,24,26,28);2*5-16H2,1-4H3;2*1H/q;2*+1;;/p-2. The molecule has 3 aromatic rings. The van der Waals surface area contributed by atoms with Crippen molar-refractivity contribution in [2.45, 2.75) is 158 Å². The van der Waals surface area contributed by atoms with Crippen LogP contribution in [-0.2, 0) is 0 Å². The van der Waals surface area contributed by atoms with Crippen LogP contribution < -0.4 is 55.2 Å². The van der Waals surface area contributed by atoms with Crippen molar-refractivity contribution in [1.29, 1.82) is 0 Å². The molecule has 4 N–H and O–H groups in total. The fraction of sp³-hybridized carbons (Fsp3) is 0.615. The number of unbranched alkanes of at least 4 members (excludes halogenated alkanes) is 8. The molecule has 0 aliphatic rings. The summed E-state index contributed by atoms with van der Waals surface area (Å²) in [5.41, 5.74) is 2.41. The molecular formula is C52H88Br2Cl2N6O2. The van der Waals surface area contributed by atoms with Crippen molar-refractivity contribution < 1.29 is 52.5 Å². The highest BCUT2D eigenvalue weighted by Crippen LogP contribution is 2.20. The normalized spacial score (nSPS) is 10.8. The van der Waals surface area contributed by atoms with Gasteiger partial charge in [-0.25, -0.2) is 9.59 Å². The van der Waals surface area contributed by atoms with E-state index in [4.69, 9.17) is 23.2 Å². The number of amides is 4. The summed E-state index contributed by atoms with van der Waals surface area (Å²) >= 11 is 11.6. The zero-order valence-corrected chi connectivity index (χ0v) is 45.8. The summed E-state index contributed by atoms with van der Waals surface area (Å²) in [6.45, 7) is 30.0. The lowest BCUT2D eigenvalue weighted by atomic mass is 10.1. The molecule has 3 aromatic carbocycles. The van der Waals surface area contributed by atoms with Crippen LogP contribution in [0.4, 0.5) is 32.3 Å². The fourth-order valence-electron chi connectivity index (χ4n) is 7.58. The minimum atomic E-state index is -0.386. The molecule has 0 atom stereocenters. The number of halogens is 4. The first-order valence-electron chi connectivity index (χ1n) is 24.4. The Balaban J connectivity index is 0. The van der Waals surface area contributed by atoms with E-state index in [0.29, 0.717) is 32.8 Å². The summed E-state index contributed by atoms with van der Waals surface area (Å²) < 4.78 is 2.84. The highest BCUT2D eigenvalue weighted by Gasteiger charge is 2.26. The first-order valence-corrected chi connectivity index (χ1v) is 25.2. The maximum Gasteiger partial charge on any atom is 0.323 e. The number of quaternary nitrogens is 2. The topological polar surface area (TPSA) is 82.3 Å². The summed E-state index contributed by atoms with van der Waals surface area (Å²) in [6, 6.07) is 19.5. The van der Waals surface area contributed by atoms with Crippen molar-refractivity contribution in [3.63, 3.8) is 0 Å². The number of hydrogen-bond acceptors (Lipinski definition) is 2. The number of nitrogens with one attached hydrogen (secondary N) is 4. The molecule has 0 heterocycles. The molecule has 64 heavy (non-hydrogen) atoms. The maximum absolute atomic E-state index is 12.0. The molecule has 0 saturated carbocycles. The number of urea groups is 2. The van der Waals surface area contributed by atoms with Gasteiger partial charge in [-0.15, -0.1) is 0 Å². The lowest BCUT2D eigenvalue weighted by Gasteiger charge is -2.39. The SMILES string of the molecule is CCCC[N+](CCCC)(CCCC)CCCC.CCCC[N+](CCCC)(CCCC)CCCC.O=C(Nc1ccc(Cl)cc1)Nc1ccc(NC(=O)Nc2ccc(Cl)cc2)cc1.[Br-].[Br-]. The summed E-state index contributed by atoms with van der Waals surface area (Å²) in [4.78, 5) is 24.0. The highest BCUT2D eigenvalue weighted by atomic mass is 79.9. The Bertz CT molecular complexity index is 1370. The van der Waals surface area contributed by atoms with Crippen molar-refractivity contribution in [3.05, 3.63) is 82.8 Å². The second-order valence-electron chi connectivity index (χ2n) is 17.0. The van der Waals surface area contributed by atoms with Gasteiger partial charge >= 0.3 is 12.1 Å². The third kappa shape index (κ3) is 29.3. The Morgan fingerprint density at radius 3 is 0.656 bits per heavy atom. The molecule has 8 nitrogen and oxygen atoms in total. The van der Waals surface area contributed by atoms with Gasteiger partial charge in [-0.05, 0) is 124 Å². The summed E-state index contributed by atoms with van der Waals surface area (Å²) in [6.07, 6.45) is 22.1. The van der Waals surface area contributed by atoms with Gasteiger partial charge in [-0.1, -0.05) is 130 Å². The molecule has 0 radical (unpaired) electrons. The predicted molar refractivity (Wildman–Crippen MR) is 273 cm³/mol. The molecule has 0 spiro atoms. The van der Waals surface area contributed by atoms with E-state index >= 15 is 0 Å². The molecule has 3 rings (SSSR count). The molecule has 0 aliphatic carbocycles. The van der Waals surface area contributed by atoms with E-state index in [1.165, 1.54) is 164 Å². The first-order chi connectivity index (χ1) is 30.0. The Hall–Kier alpha value is -2.34. The average molecular weight is 1060 g/mol. The van der Waals surface area contributed by atoms with Crippen molar-refractivity contribution in [3.8, 4) is 0 Å². The maximum atomic E-state index is 12.0. The second-order valence-corrected chi connectivity index (χ2v) is 17.9. The smallest absolute Gasteiger partial charge is 0.323 e. The quantitative estimate of drug-likeness (QED) is 0.0547. The summed E-state index contributed by atoms with van der Waals surface area (Å²) in [5.74, 6) is 0. The van der Waals surface area contributed by atoms with Crippen molar-refractivity contribution >= 4 is 58.0 Å². The molecule has 0 aliphatic heterocycles. The van der Waals surface area contributed by atoms with Crippen LogP contribution in [0.25, 0.3) is 0 Å².